The van der Waals surface area contributed by atoms with Crippen LogP contribution in [0.3, 0.4) is 0 Å². The summed E-state index contributed by atoms with van der Waals surface area (Å²) in [4.78, 5) is 15.5. The average molecular weight is 402 g/mol. The summed E-state index contributed by atoms with van der Waals surface area (Å²) in [6, 6.07) is 13.8. The lowest BCUT2D eigenvalue weighted by Gasteiger charge is -2.46. The van der Waals surface area contributed by atoms with Gasteiger partial charge in [0.15, 0.2) is 0 Å². The van der Waals surface area contributed by atoms with E-state index in [9.17, 15) is 9.18 Å². The average Bonchev–Trinajstić information content (AvgIpc) is 2.68. The molecule has 2 aromatic carbocycles. The first-order valence-corrected chi connectivity index (χ1v) is 10.4. The van der Waals surface area contributed by atoms with Crippen LogP contribution in [-0.4, -0.2) is 30.5 Å². The van der Waals surface area contributed by atoms with Crippen LogP contribution in [0.2, 0.25) is 5.02 Å². The lowest BCUT2D eigenvalue weighted by molar-refractivity contribution is -0.143. The quantitative estimate of drug-likeness (QED) is 0.687. The molecule has 1 atom stereocenters. The molecule has 5 heteroatoms. The van der Waals surface area contributed by atoms with Gasteiger partial charge in [-0.25, -0.2) is 4.39 Å². The summed E-state index contributed by atoms with van der Waals surface area (Å²) in [6.07, 6.45) is 4.92. The van der Waals surface area contributed by atoms with Crippen molar-refractivity contribution < 1.29 is 13.9 Å². The van der Waals surface area contributed by atoms with E-state index in [0.29, 0.717) is 23.3 Å². The van der Waals surface area contributed by atoms with Crippen molar-refractivity contribution in [2.45, 2.75) is 37.5 Å². The van der Waals surface area contributed by atoms with Crippen LogP contribution >= 0.6 is 11.6 Å². The number of likely N-dealkylation sites (tertiary alicyclic amines) is 1. The van der Waals surface area contributed by atoms with E-state index in [1.807, 2.05) is 29.2 Å². The zero-order chi connectivity index (χ0) is 19.6. The smallest absolute Gasteiger partial charge is 0.233 e. The van der Waals surface area contributed by atoms with Crippen LogP contribution in [0.4, 0.5) is 4.39 Å². The molecule has 2 aliphatic rings. The van der Waals surface area contributed by atoms with Crippen LogP contribution in [0.1, 0.15) is 37.7 Å². The Morgan fingerprint density at radius 2 is 1.82 bits per heavy atom. The molecule has 0 bridgehead atoms. The highest BCUT2D eigenvalue weighted by Gasteiger charge is 2.48. The first-order valence-electron chi connectivity index (χ1n) is 10.0. The molecule has 0 unspecified atom stereocenters. The number of ether oxygens (including phenoxy) is 1. The first kappa shape index (κ1) is 19.3. The molecule has 0 radical (unpaired) electrons. The number of hydrogen-bond acceptors (Lipinski definition) is 2. The van der Waals surface area contributed by atoms with Gasteiger partial charge in [0.05, 0.1) is 12.0 Å². The zero-order valence-corrected chi connectivity index (χ0v) is 16.6. The van der Waals surface area contributed by atoms with E-state index < -0.39 is 0 Å². The van der Waals surface area contributed by atoms with Gasteiger partial charge < -0.3 is 9.64 Å². The number of hydrogen-bond donors (Lipinski definition) is 0. The first-order chi connectivity index (χ1) is 13.6. The predicted molar refractivity (Wildman–Crippen MR) is 108 cm³/mol. The minimum atomic E-state index is -0.385. The Kier molecular flexibility index (Phi) is 5.58. The Labute approximate surface area is 170 Å². The molecule has 1 saturated heterocycles. The van der Waals surface area contributed by atoms with Crippen molar-refractivity contribution in [3.63, 3.8) is 0 Å². The van der Waals surface area contributed by atoms with Gasteiger partial charge in [-0.3, -0.25) is 4.79 Å². The topological polar surface area (TPSA) is 29.5 Å². The Morgan fingerprint density at radius 1 is 1.11 bits per heavy atom. The van der Waals surface area contributed by atoms with Crippen LogP contribution in [0.15, 0.2) is 48.5 Å². The third-order valence-corrected chi connectivity index (χ3v) is 6.37. The Balaban J connectivity index is 1.41. The molecule has 1 aliphatic carbocycles. The predicted octanol–water partition coefficient (Wildman–Crippen LogP) is 5.22. The number of amides is 1. The van der Waals surface area contributed by atoms with Gasteiger partial charge in [0.1, 0.15) is 11.6 Å². The fourth-order valence-corrected chi connectivity index (χ4v) is 4.48. The molecule has 1 saturated carbocycles. The number of halogens is 2. The molecule has 0 aromatic heterocycles. The van der Waals surface area contributed by atoms with Gasteiger partial charge in [-0.05, 0) is 67.6 Å². The van der Waals surface area contributed by atoms with Crippen molar-refractivity contribution in [2.75, 3.05) is 19.7 Å². The maximum atomic E-state index is 13.5. The van der Waals surface area contributed by atoms with Gasteiger partial charge in [0, 0.05) is 24.0 Å². The lowest BCUT2D eigenvalue weighted by Crippen LogP contribution is -2.54. The van der Waals surface area contributed by atoms with Crippen LogP contribution in [0.25, 0.3) is 0 Å². The molecule has 4 rings (SSSR count). The molecule has 3 nitrogen and oxygen atoms in total. The van der Waals surface area contributed by atoms with Crippen molar-refractivity contribution in [3.05, 3.63) is 64.9 Å². The van der Waals surface area contributed by atoms with Gasteiger partial charge in [-0.15, -0.1) is 0 Å². The molecular formula is C23H25ClFNO2. The second kappa shape index (κ2) is 8.12. The van der Waals surface area contributed by atoms with E-state index >= 15 is 0 Å². The fraction of sp³-hybridized carbons (Fsp3) is 0.435. The summed E-state index contributed by atoms with van der Waals surface area (Å²) >= 11 is 6.03. The van der Waals surface area contributed by atoms with Crippen molar-refractivity contribution >= 4 is 17.5 Å². The van der Waals surface area contributed by atoms with E-state index in [1.54, 1.807) is 12.1 Å². The number of nitrogens with zero attached hydrogens (tertiary/aromatic N) is 1. The van der Waals surface area contributed by atoms with Crippen molar-refractivity contribution in [2.24, 2.45) is 5.92 Å². The molecule has 1 aliphatic heterocycles. The largest absolute Gasteiger partial charge is 0.493 e. The molecular weight excluding hydrogens is 377 g/mol. The van der Waals surface area contributed by atoms with E-state index in [2.05, 4.69) is 0 Å². The highest BCUT2D eigenvalue weighted by atomic mass is 35.5. The van der Waals surface area contributed by atoms with Crippen LogP contribution in [-0.2, 0) is 10.2 Å². The van der Waals surface area contributed by atoms with Gasteiger partial charge in [-0.1, -0.05) is 30.2 Å². The molecule has 28 heavy (non-hydrogen) atoms. The molecule has 2 aromatic rings. The summed E-state index contributed by atoms with van der Waals surface area (Å²) < 4.78 is 18.9. The number of carbonyl (C=O) groups is 1. The highest BCUT2D eigenvalue weighted by Crippen LogP contribution is 2.46. The van der Waals surface area contributed by atoms with Gasteiger partial charge in [0.25, 0.3) is 0 Å². The Bertz CT molecular complexity index is 818. The molecule has 2 fully saturated rings. The van der Waals surface area contributed by atoms with Crippen molar-refractivity contribution in [1.29, 1.82) is 0 Å². The summed E-state index contributed by atoms with van der Waals surface area (Å²) in [7, 11) is 0. The maximum Gasteiger partial charge on any atom is 0.233 e. The molecule has 0 N–H and O–H groups in total. The third-order valence-electron chi connectivity index (χ3n) is 6.12. The molecule has 1 amide bonds. The fourth-order valence-electron chi connectivity index (χ4n) is 4.36. The normalized spacial score (nSPS) is 21.1. The lowest BCUT2D eigenvalue weighted by atomic mass is 9.63. The maximum absolute atomic E-state index is 13.5. The minimum absolute atomic E-state index is 0.243. The van der Waals surface area contributed by atoms with Crippen LogP contribution < -0.4 is 4.74 Å². The van der Waals surface area contributed by atoms with Gasteiger partial charge in [0.2, 0.25) is 5.91 Å². The molecule has 148 valence electrons. The summed E-state index contributed by atoms with van der Waals surface area (Å²) in [5, 5.41) is 0.696. The monoisotopic (exact) mass is 401 g/mol. The standard InChI is InChI=1S/C23H25ClFNO2/c24-19-6-4-18(5-7-19)23(12-2-13-23)22(27)26-14-1-3-17(15-26)16-28-21-10-8-20(25)9-11-21/h4-11,17H,1-3,12-16H2/t17-/m0/s1. The second-order valence-electron chi connectivity index (χ2n) is 7.97. The van der Waals surface area contributed by atoms with Crippen molar-refractivity contribution in [3.8, 4) is 5.75 Å². The van der Waals surface area contributed by atoms with Gasteiger partial charge >= 0.3 is 0 Å². The van der Waals surface area contributed by atoms with E-state index in [4.69, 9.17) is 16.3 Å². The van der Waals surface area contributed by atoms with E-state index in [0.717, 1.165) is 50.8 Å². The SMILES string of the molecule is O=C(N1CCC[C@H](COc2ccc(F)cc2)C1)C1(c2ccc(Cl)cc2)CCC1. The number of rotatable bonds is 5. The van der Waals surface area contributed by atoms with Gasteiger partial charge in [-0.2, -0.15) is 0 Å². The summed E-state index contributed by atoms with van der Waals surface area (Å²) in [6.45, 7) is 2.07. The van der Waals surface area contributed by atoms with E-state index in [1.165, 1.54) is 12.1 Å². The van der Waals surface area contributed by atoms with Crippen LogP contribution in [0, 0.1) is 11.7 Å². The number of piperidine rings is 1. The molecule has 0 spiro atoms. The van der Waals surface area contributed by atoms with Crippen molar-refractivity contribution in [1.82, 2.24) is 4.90 Å². The van der Waals surface area contributed by atoms with E-state index in [-0.39, 0.29) is 17.1 Å². The summed E-state index contributed by atoms with van der Waals surface area (Å²) in [5.41, 5.74) is 0.697. The third kappa shape index (κ3) is 3.88. The molecule has 1 heterocycles. The zero-order valence-electron chi connectivity index (χ0n) is 15.9. The Morgan fingerprint density at radius 3 is 2.46 bits per heavy atom. The number of benzene rings is 2. The second-order valence-corrected chi connectivity index (χ2v) is 8.40. The minimum Gasteiger partial charge on any atom is -0.493 e. The Hall–Kier alpha value is -2.07. The number of carbonyl (C=O) groups excluding carboxylic acids is 1. The summed E-state index contributed by atoms with van der Waals surface area (Å²) in [5.74, 6) is 0.939. The van der Waals surface area contributed by atoms with Crippen LogP contribution in [0.5, 0.6) is 5.75 Å². The highest BCUT2D eigenvalue weighted by molar-refractivity contribution is 6.30.